The number of guanidine groups is 1. The van der Waals surface area contributed by atoms with Crippen LogP contribution >= 0.6 is 35.8 Å². The van der Waals surface area contributed by atoms with Crippen LogP contribution in [0.3, 0.4) is 0 Å². The molecule has 0 radical (unpaired) electrons. The van der Waals surface area contributed by atoms with Gasteiger partial charge in [0.2, 0.25) is 5.96 Å². The Balaban J connectivity index is 0.00000312. The van der Waals surface area contributed by atoms with Crippen LogP contribution in [0, 0.1) is 0 Å². The standard InChI is InChI=1S/C16H15ClF3N3S.ClH/c1-23(11-5-3-4-10(8-11)16(18,19)20)15(21)22-14-9-12(24-2)6-7-13(14)17;/h3-9H,1-2H3,(H2,21,22);1H. The molecule has 25 heavy (non-hydrogen) atoms. The van der Waals surface area contributed by atoms with Gasteiger partial charge < -0.3 is 10.6 Å². The number of nitrogens with two attached hydrogens (primary N) is 1. The number of thioether (sulfide) groups is 1. The smallest absolute Gasteiger partial charge is 0.369 e. The maximum absolute atomic E-state index is 12.8. The highest BCUT2D eigenvalue weighted by Gasteiger charge is 2.30. The molecule has 0 aliphatic rings. The van der Waals surface area contributed by atoms with E-state index in [4.69, 9.17) is 17.3 Å². The molecule has 0 aliphatic carbocycles. The van der Waals surface area contributed by atoms with E-state index in [0.717, 1.165) is 17.0 Å². The summed E-state index contributed by atoms with van der Waals surface area (Å²) in [6.07, 6.45) is -2.51. The van der Waals surface area contributed by atoms with Gasteiger partial charge >= 0.3 is 6.18 Å². The van der Waals surface area contributed by atoms with Crippen molar-refractivity contribution in [1.82, 2.24) is 0 Å². The minimum Gasteiger partial charge on any atom is -0.369 e. The Kier molecular flexibility index (Phi) is 7.46. The van der Waals surface area contributed by atoms with Crippen LogP contribution in [0.2, 0.25) is 5.02 Å². The highest BCUT2D eigenvalue weighted by Crippen LogP contribution is 2.32. The Morgan fingerprint density at radius 1 is 1.20 bits per heavy atom. The summed E-state index contributed by atoms with van der Waals surface area (Å²) in [7, 11) is 1.54. The second kappa shape index (κ2) is 8.69. The van der Waals surface area contributed by atoms with Gasteiger partial charge in [-0.15, -0.1) is 24.2 Å². The van der Waals surface area contributed by atoms with Crippen LogP contribution in [-0.4, -0.2) is 19.3 Å². The first-order valence-electron chi connectivity index (χ1n) is 6.81. The molecule has 0 heterocycles. The lowest BCUT2D eigenvalue weighted by molar-refractivity contribution is -0.137. The number of anilines is 1. The number of nitrogens with zero attached hydrogens (tertiary/aromatic N) is 2. The van der Waals surface area contributed by atoms with Crippen LogP contribution in [0.5, 0.6) is 0 Å². The zero-order chi connectivity index (χ0) is 17.9. The number of benzene rings is 2. The molecule has 0 unspecified atom stereocenters. The zero-order valence-corrected chi connectivity index (χ0v) is 15.7. The summed E-state index contributed by atoms with van der Waals surface area (Å²) in [4.78, 5) is 6.55. The van der Waals surface area contributed by atoms with E-state index in [9.17, 15) is 13.2 Å². The maximum atomic E-state index is 12.8. The molecule has 0 saturated heterocycles. The van der Waals surface area contributed by atoms with Gasteiger partial charge in [0.05, 0.1) is 16.3 Å². The summed E-state index contributed by atoms with van der Waals surface area (Å²) < 4.78 is 38.4. The van der Waals surface area contributed by atoms with Crippen molar-refractivity contribution in [2.45, 2.75) is 11.1 Å². The summed E-state index contributed by atoms with van der Waals surface area (Å²) in [5.74, 6) is 0.0366. The van der Waals surface area contributed by atoms with Gasteiger partial charge in [-0.1, -0.05) is 17.7 Å². The second-order valence-electron chi connectivity index (χ2n) is 4.89. The van der Waals surface area contributed by atoms with Crippen molar-refractivity contribution in [3.63, 3.8) is 0 Å². The van der Waals surface area contributed by atoms with Gasteiger partial charge in [-0.05, 0) is 42.7 Å². The van der Waals surface area contributed by atoms with Crippen molar-refractivity contribution in [3.05, 3.63) is 53.1 Å². The summed E-state index contributed by atoms with van der Waals surface area (Å²) >= 11 is 7.61. The van der Waals surface area contributed by atoms with Crippen LogP contribution in [0.15, 0.2) is 52.4 Å². The molecular weight excluding hydrogens is 394 g/mol. The van der Waals surface area contributed by atoms with Crippen LogP contribution in [0.4, 0.5) is 24.5 Å². The third kappa shape index (κ3) is 5.45. The van der Waals surface area contributed by atoms with Crippen LogP contribution in [-0.2, 0) is 6.18 Å². The molecular formula is C16H16Cl2F3N3S. The van der Waals surface area contributed by atoms with Crippen molar-refractivity contribution in [2.24, 2.45) is 10.7 Å². The minimum absolute atomic E-state index is 0. The van der Waals surface area contributed by atoms with E-state index in [2.05, 4.69) is 4.99 Å². The molecule has 2 N–H and O–H groups in total. The first kappa shape index (κ1) is 21.5. The first-order chi connectivity index (χ1) is 11.2. The Bertz CT molecular complexity index is 767. The number of aliphatic imine (C=N–C) groups is 1. The van der Waals surface area contributed by atoms with Gasteiger partial charge in [0, 0.05) is 17.6 Å². The van der Waals surface area contributed by atoms with Gasteiger partial charge in [0.1, 0.15) is 0 Å². The monoisotopic (exact) mass is 409 g/mol. The molecule has 2 rings (SSSR count). The molecule has 0 aliphatic heterocycles. The summed E-state index contributed by atoms with van der Waals surface area (Å²) in [5.41, 5.74) is 5.92. The second-order valence-corrected chi connectivity index (χ2v) is 6.18. The van der Waals surface area contributed by atoms with Crippen LogP contribution < -0.4 is 10.6 Å². The van der Waals surface area contributed by atoms with Gasteiger partial charge in [-0.3, -0.25) is 0 Å². The predicted molar refractivity (Wildman–Crippen MR) is 102 cm³/mol. The average Bonchev–Trinajstić information content (AvgIpc) is 2.55. The highest BCUT2D eigenvalue weighted by atomic mass is 35.5. The normalized spacial score (nSPS) is 11.8. The van der Waals surface area contributed by atoms with Gasteiger partial charge in [0.25, 0.3) is 0 Å². The lowest BCUT2D eigenvalue weighted by Crippen LogP contribution is -2.33. The van der Waals surface area contributed by atoms with Crippen molar-refractivity contribution in [1.29, 1.82) is 0 Å². The van der Waals surface area contributed by atoms with E-state index in [1.807, 2.05) is 12.3 Å². The summed E-state index contributed by atoms with van der Waals surface area (Å²) in [6.45, 7) is 0. The van der Waals surface area contributed by atoms with Crippen LogP contribution in [0.25, 0.3) is 0 Å². The largest absolute Gasteiger partial charge is 0.416 e. The lowest BCUT2D eigenvalue weighted by Gasteiger charge is -2.19. The quantitative estimate of drug-likeness (QED) is 0.408. The Morgan fingerprint density at radius 3 is 2.48 bits per heavy atom. The van der Waals surface area contributed by atoms with Gasteiger partial charge in [-0.2, -0.15) is 13.2 Å². The molecule has 136 valence electrons. The number of halogens is 5. The molecule has 0 bridgehead atoms. The fraction of sp³-hybridized carbons (Fsp3) is 0.188. The van der Waals surface area contributed by atoms with Gasteiger partial charge in [0.15, 0.2) is 0 Å². The van der Waals surface area contributed by atoms with Crippen molar-refractivity contribution >= 4 is 53.1 Å². The SMILES string of the molecule is CSc1ccc(Cl)c(N=C(N)N(C)c2cccc(C(F)(F)F)c2)c1.Cl. The topological polar surface area (TPSA) is 41.6 Å². The lowest BCUT2D eigenvalue weighted by atomic mass is 10.2. The van der Waals surface area contributed by atoms with Crippen molar-refractivity contribution in [2.75, 3.05) is 18.2 Å². The number of hydrogen-bond donors (Lipinski definition) is 1. The van der Waals surface area contributed by atoms with E-state index >= 15 is 0 Å². The summed E-state index contributed by atoms with van der Waals surface area (Å²) in [6, 6.07) is 10.2. The predicted octanol–water partition coefficient (Wildman–Crippen LogP) is 5.59. The fourth-order valence-corrected chi connectivity index (χ4v) is 2.52. The Labute approximate surface area is 159 Å². The highest BCUT2D eigenvalue weighted by molar-refractivity contribution is 7.98. The molecule has 9 heteroatoms. The van der Waals surface area contributed by atoms with Crippen LogP contribution in [0.1, 0.15) is 5.56 Å². The molecule has 3 nitrogen and oxygen atoms in total. The van der Waals surface area contributed by atoms with E-state index in [1.54, 1.807) is 19.2 Å². The molecule has 0 atom stereocenters. The third-order valence-corrected chi connectivity index (χ3v) is 4.34. The molecule has 0 spiro atoms. The molecule has 2 aromatic carbocycles. The minimum atomic E-state index is -4.42. The molecule has 0 amide bonds. The van der Waals surface area contributed by atoms with Gasteiger partial charge in [-0.25, -0.2) is 4.99 Å². The fourth-order valence-electron chi connectivity index (χ4n) is 1.93. The molecule has 0 saturated carbocycles. The number of alkyl halides is 3. The van der Waals surface area contributed by atoms with E-state index in [-0.39, 0.29) is 24.1 Å². The Hall–Kier alpha value is -1.57. The maximum Gasteiger partial charge on any atom is 0.416 e. The van der Waals surface area contributed by atoms with E-state index in [1.165, 1.54) is 28.8 Å². The molecule has 0 fully saturated rings. The number of hydrogen-bond acceptors (Lipinski definition) is 2. The third-order valence-electron chi connectivity index (χ3n) is 3.29. The first-order valence-corrected chi connectivity index (χ1v) is 8.41. The van der Waals surface area contributed by atoms with Crippen molar-refractivity contribution in [3.8, 4) is 0 Å². The zero-order valence-electron chi connectivity index (χ0n) is 13.3. The molecule has 2 aromatic rings. The molecule has 0 aromatic heterocycles. The Morgan fingerprint density at radius 2 is 1.88 bits per heavy atom. The van der Waals surface area contributed by atoms with Crippen molar-refractivity contribution < 1.29 is 13.2 Å². The average molecular weight is 410 g/mol. The van der Waals surface area contributed by atoms with E-state index in [0.29, 0.717) is 10.7 Å². The summed E-state index contributed by atoms with van der Waals surface area (Å²) in [5, 5.41) is 0.410. The number of rotatable bonds is 3. The van der Waals surface area contributed by atoms with E-state index < -0.39 is 11.7 Å².